The molecule has 0 spiro atoms. The molecule has 0 fully saturated rings. The number of rotatable bonds is 14. The van der Waals surface area contributed by atoms with Crippen LogP contribution in [0.3, 0.4) is 0 Å². The first-order valence-corrected chi connectivity index (χ1v) is 12.1. The van der Waals surface area contributed by atoms with Crippen molar-refractivity contribution in [2.75, 3.05) is 6.54 Å². The molecule has 0 bridgehead atoms. The summed E-state index contributed by atoms with van der Waals surface area (Å²) in [4.78, 5) is 21.3. The van der Waals surface area contributed by atoms with E-state index in [1.54, 1.807) is 0 Å². The largest absolute Gasteiger partial charge is 0.432 e. The van der Waals surface area contributed by atoms with Crippen LogP contribution in [0.5, 0.6) is 0 Å². The van der Waals surface area contributed by atoms with Crippen LogP contribution in [0.2, 0.25) is 19.1 Å². The molecule has 126 valence electrons. The molecule has 0 aromatic heterocycles. The summed E-state index contributed by atoms with van der Waals surface area (Å²) in [6.45, 7) is 6.85. The van der Waals surface area contributed by atoms with Crippen molar-refractivity contribution in [2.45, 2.75) is 96.7 Å². The topological polar surface area (TPSA) is 49.3 Å². The summed E-state index contributed by atoms with van der Waals surface area (Å²) >= 11 is 0. The number of amides is 1. The predicted octanol–water partition coefficient (Wildman–Crippen LogP) is 4.61. The van der Waals surface area contributed by atoms with Gasteiger partial charge >= 0.3 is 0 Å². The summed E-state index contributed by atoms with van der Waals surface area (Å²) in [7, 11) is -1.93. The Morgan fingerprint density at radius 2 is 1.43 bits per heavy atom. The molecule has 1 amide bonds. The maximum absolute atomic E-state index is 11.6. The Bertz CT molecular complexity index is 252. The van der Waals surface area contributed by atoms with Crippen LogP contribution in [0.4, 0.5) is 0 Å². The lowest BCUT2D eigenvalue weighted by Crippen LogP contribution is -2.29. The molecule has 0 unspecified atom stereocenters. The zero-order valence-electron chi connectivity index (χ0n) is 14.5. The first kappa shape index (κ1) is 20.6. The average molecular weight is 316 g/mol. The molecule has 0 aromatic carbocycles. The van der Waals surface area contributed by atoms with Gasteiger partial charge in [-0.25, -0.2) is 0 Å². The minimum Gasteiger partial charge on any atom is -0.432 e. The number of carbonyl (C=O) groups excluding carboxylic acids is 1. The minimum absolute atomic E-state index is 0.176. The smallest absolute Gasteiger partial charge is 0.219 e. The van der Waals surface area contributed by atoms with Gasteiger partial charge in [0.25, 0.3) is 0 Å². The van der Waals surface area contributed by atoms with Crippen LogP contribution < -0.4 is 5.32 Å². The average Bonchev–Trinajstić information content (AvgIpc) is 2.41. The zero-order chi connectivity index (χ0) is 16.0. The highest BCUT2D eigenvalue weighted by Gasteiger charge is 2.15. The molecule has 0 saturated heterocycles. The SMILES string of the molecule is CCCCCCCCCCCC(=O)NCCC[Si](C)(C)O. The lowest BCUT2D eigenvalue weighted by Gasteiger charge is -2.13. The second kappa shape index (κ2) is 13.3. The fraction of sp³-hybridized carbons (Fsp3) is 0.941. The van der Waals surface area contributed by atoms with E-state index in [4.69, 9.17) is 0 Å². The summed E-state index contributed by atoms with van der Waals surface area (Å²) < 4.78 is 0. The van der Waals surface area contributed by atoms with E-state index in [0.29, 0.717) is 13.0 Å². The van der Waals surface area contributed by atoms with Crippen LogP contribution in [-0.4, -0.2) is 25.6 Å². The molecule has 0 aliphatic rings. The first-order valence-electron chi connectivity index (χ1n) is 8.95. The van der Waals surface area contributed by atoms with Crippen LogP contribution in [0.1, 0.15) is 77.6 Å². The minimum atomic E-state index is -1.93. The fourth-order valence-corrected chi connectivity index (χ4v) is 3.48. The van der Waals surface area contributed by atoms with Gasteiger partial charge in [-0.1, -0.05) is 58.3 Å². The third-order valence-corrected chi connectivity index (χ3v) is 5.37. The number of unbranched alkanes of at least 4 members (excludes halogenated alkanes) is 8. The summed E-state index contributed by atoms with van der Waals surface area (Å²) in [6.07, 6.45) is 13.1. The molecule has 3 nitrogen and oxygen atoms in total. The van der Waals surface area contributed by atoms with Crippen molar-refractivity contribution >= 4 is 14.2 Å². The van der Waals surface area contributed by atoms with E-state index in [9.17, 15) is 9.59 Å². The highest BCUT2D eigenvalue weighted by Crippen LogP contribution is 2.10. The highest BCUT2D eigenvalue weighted by molar-refractivity contribution is 6.69. The van der Waals surface area contributed by atoms with Gasteiger partial charge in [0.05, 0.1) is 0 Å². The molecule has 0 saturated carbocycles. The Kier molecular flexibility index (Phi) is 13.1. The quantitative estimate of drug-likeness (QED) is 0.363. The summed E-state index contributed by atoms with van der Waals surface area (Å²) in [5.41, 5.74) is 0. The molecule has 0 rings (SSSR count). The van der Waals surface area contributed by atoms with Gasteiger partial charge in [-0.15, -0.1) is 0 Å². The van der Waals surface area contributed by atoms with E-state index < -0.39 is 8.32 Å². The maximum atomic E-state index is 11.6. The Balaban J connectivity index is 3.23. The van der Waals surface area contributed by atoms with Crippen LogP contribution in [0.15, 0.2) is 0 Å². The van der Waals surface area contributed by atoms with Crippen LogP contribution >= 0.6 is 0 Å². The molecule has 0 radical (unpaired) electrons. The van der Waals surface area contributed by atoms with Crippen molar-refractivity contribution in [1.82, 2.24) is 5.32 Å². The van der Waals surface area contributed by atoms with Crippen molar-refractivity contribution in [3.63, 3.8) is 0 Å². The van der Waals surface area contributed by atoms with E-state index in [1.807, 2.05) is 13.1 Å². The van der Waals surface area contributed by atoms with Crippen molar-refractivity contribution in [1.29, 1.82) is 0 Å². The Morgan fingerprint density at radius 1 is 0.905 bits per heavy atom. The first-order chi connectivity index (χ1) is 9.95. The highest BCUT2D eigenvalue weighted by atomic mass is 28.4. The van der Waals surface area contributed by atoms with Crippen molar-refractivity contribution < 1.29 is 9.59 Å². The molecule has 2 N–H and O–H groups in total. The van der Waals surface area contributed by atoms with Crippen LogP contribution in [-0.2, 0) is 4.79 Å². The summed E-state index contributed by atoms with van der Waals surface area (Å²) in [6, 6.07) is 0.866. The molecule has 0 aliphatic carbocycles. The fourth-order valence-electron chi connectivity index (χ4n) is 2.43. The van der Waals surface area contributed by atoms with Gasteiger partial charge in [0.2, 0.25) is 5.91 Å². The molecular formula is C17H37NO2Si. The van der Waals surface area contributed by atoms with Gasteiger partial charge < -0.3 is 10.1 Å². The van der Waals surface area contributed by atoms with Crippen LogP contribution in [0.25, 0.3) is 0 Å². The molecular weight excluding hydrogens is 278 g/mol. The van der Waals surface area contributed by atoms with E-state index in [-0.39, 0.29) is 5.91 Å². The standard InChI is InChI=1S/C17H37NO2Si/c1-4-5-6-7-8-9-10-11-12-14-17(19)18-15-13-16-21(2,3)20/h20H,4-16H2,1-3H3,(H,18,19). The van der Waals surface area contributed by atoms with E-state index in [2.05, 4.69) is 12.2 Å². The van der Waals surface area contributed by atoms with Gasteiger partial charge in [0.15, 0.2) is 8.32 Å². The van der Waals surface area contributed by atoms with Gasteiger partial charge in [-0.05, 0) is 32.0 Å². The van der Waals surface area contributed by atoms with Crippen molar-refractivity contribution in [3.05, 3.63) is 0 Å². The normalized spacial score (nSPS) is 11.6. The maximum Gasteiger partial charge on any atom is 0.219 e. The Morgan fingerprint density at radius 3 is 1.95 bits per heavy atom. The molecule has 0 aliphatic heterocycles. The number of nitrogens with one attached hydrogen (secondary N) is 1. The van der Waals surface area contributed by atoms with Gasteiger partial charge in [0.1, 0.15) is 0 Å². The second-order valence-corrected chi connectivity index (χ2v) is 11.0. The summed E-state index contributed by atoms with van der Waals surface area (Å²) in [5, 5.41) is 2.95. The number of carbonyl (C=O) groups is 1. The van der Waals surface area contributed by atoms with Gasteiger partial charge in [0, 0.05) is 13.0 Å². The van der Waals surface area contributed by atoms with Crippen LogP contribution in [0, 0.1) is 0 Å². The molecule has 21 heavy (non-hydrogen) atoms. The third kappa shape index (κ3) is 17.6. The van der Waals surface area contributed by atoms with E-state index in [0.717, 1.165) is 18.9 Å². The van der Waals surface area contributed by atoms with Crippen molar-refractivity contribution in [3.8, 4) is 0 Å². The van der Waals surface area contributed by atoms with E-state index >= 15 is 0 Å². The Hall–Kier alpha value is -0.353. The zero-order valence-corrected chi connectivity index (χ0v) is 15.5. The third-order valence-electron chi connectivity index (χ3n) is 3.79. The van der Waals surface area contributed by atoms with Crippen molar-refractivity contribution in [2.24, 2.45) is 0 Å². The predicted molar refractivity (Wildman–Crippen MR) is 94.0 cm³/mol. The molecule has 0 aromatic rings. The monoisotopic (exact) mass is 315 g/mol. The summed E-state index contributed by atoms with van der Waals surface area (Å²) in [5.74, 6) is 0.176. The lowest BCUT2D eigenvalue weighted by atomic mass is 10.1. The number of hydrogen-bond acceptors (Lipinski definition) is 2. The van der Waals surface area contributed by atoms with E-state index in [1.165, 1.54) is 51.4 Å². The molecule has 0 atom stereocenters. The van der Waals surface area contributed by atoms with Gasteiger partial charge in [-0.3, -0.25) is 4.79 Å². The second-order valence-electron chi connectivity index (χ2n) is 6.84. The number of hydrogen-bond donors (Lipinski definition) is 2. The Labute approximate surface area is 133 Å². The lowest BCUT2D eigenvalue weighted by molar-refractivity contribution is -0.121. The van der Waals surface area contributed by atoms with Gasteiger partial charge in [-0.2, -0.15) is 0 Å². The molecule has 4 heteroatoms. The molecule has 0 heterocycles.